The highest BCUT2D eigenvalue weighted by Crippen LogP contribution is 2.24. The quantitative estimate of drug-likeness (QED) is 0.600. The zero-order valence-electron chi connectivity index (χ0n) is 19.0. The third-order valence-electron chi connectivity index (χ3n) is 5.68. The van der Waals surface area contributed by atoms with Gasteiger partial charge in [-0.3, -0.25) is 9.59 Å². The minimum Gasteiger partial charge on any atom is -0.490 e. The number of anilines is 2. The molecule has 0 atom stereocenters. The van der Waals surface area contributed by atoms with Gasteiger partial charge in [-0.2, -0.15) is 5.10 Å². The monoisotopic (exact) mass is 447 g/mol. The van der Waals surface area contributed by atoms with Crippen molar-refractivity contribution in [1.82, 2.24) is 19.6 Å². The summed E-state index contributed by atoms with van der Waals surface area (Å²) in [6.45, 7) is 5.84. The minimum absolute atomic E-state index is 0.0267. The van der Waals surface area contributed by atoms with Crippen LogP contribution in [0.1, 0.15) is 22.8 Å². The van der Waals surface area contributed by atoms with E-state index in [1.165, 1.54) is 4.68 Å². The molecule has 1 N–H and O–H groups in total. The summed E-state index contributed by atoms with van der Waals surface area (Å²) >= 11 is 0. The minimum atomic E-state index is -0.276. The van der Waals surface area contributed by atoms with Crippen molar-refractivity contribution in [3.8, 4) is 5.75 Å². The second-order valence-electron chi connectivity index (χ2n) is 8.06. The Morgan fingerprint density at radius 1 is 1.03 bits per heavy atom. The van der Waals surface area contributed by atoms with Gasteiger partial charge in [-0.1, -0.05) is 30.3 Å². The SMILES string of the molecule is CCOc1cnn(Cc2ccccc2)c(=O)c1Nc1ccc(C(=O)N2CCN(C)CC2)cc1. The second kappa shape index (κ2) is 10.3. The van der Waals surface area contributed by atoms with E-state index < -0.39 is 0 Å². The number of nitrogens with one attached hydrogen (secondary N) is 1. The number of likely N-dealkylation sites (N-methyl/N-ethyl adjacent to an activating group) is 1. The smallest absolute Gasteiger partial charge is 0.294 e. The van der Waals surface area contributed by atoms with Crippen molar-refractivity contribution < 1.29 is 9.53 Å². The second-order valence-corrected chi connectivity index (χ2v) is 8.06. The summed E-state index contributed by atoms with van der Waals surface area (Å²) in [7, 11) is 2.06. The normalized spacial score (nSPS) is 14.2. The van der Waals surface area contributed by atoms with Crippen LogP contribution in [0.4, 0.5) is 11.4 Å². The predicted molar refractivity (Wildman–Crippen MR) is 128 cm³/mol. The first-order valence-electron chi connectivity index (χ1n) is 11.2. The summed E-state index contributed by atoms with van der Waals surface area (Å²) in [5.41, 5.74) is 2.35. The maximum atomic E-state index is 13.2. The summed E-state index contributed by atoms with van der Waals surface area (Å²) < 4.78 is 7.05. The Labute approximate surface area is 193 Å². The summed E-state index contributed by atoms with van der Waals surface area (Å²) in [4.78, 5) is 30.1. The Balaban J connectivity index is 1.54. The van der Waals surface area contributed by atoms with Crippen LogP contribution in [0, 0.1) is 0 Å². The van der Waals surface area contributed by atoms with Gasteiger partial charge in [0.2, 0.25) is 0 Å². The van der Waals surface area contributed by atoms with Crippen molar-refractivity contribution in [1.29, 1.82) is 0 Å². The molecule has 4 rings (SSSR count). The van der Waals surface area contributed by atoms with E-state index in [4.69, 9.17) is 4.74 Å². The van der Waals surface area contributed by atoms with Crippen LogP contribution in [0.3, 0.4) is 0 Å². The van der Waals surface area contributed by atoms with Crippen LogP contribution in [0.15, 0.2) is 65.6 Å². The number of hydrogen-bond acceptors (Lipinski definition) is 6. The fourth-order valence-corrected chi connectivity index (χ4v) is 3.76. The molecule has 0 radical (unpaired) electrons. The molecule has 1 saturated heterocycles. The van der Waals surface area contributed by atoms with Crippen molar-refractivity contribution in [2.75, 3.05) is 45.2 Å². The van der Waals surface area contributed by atoms with E-state index in [1.807, 2.05) is 42.2 Å². The first kappa shape index (κ1) is 22.5. The van der Waals surface area contributed by atoms with Gasteiger partial charge in [-0.25, -0.2) is 4.68 Å². The van der Waals surface area contributed by atoms with Crippen LogP contribution in [-0.2, 0) is 6.54 Å². The number of rotatable bonds is 7. The van der Waals surface area contributed by atoms with Gasteiger partial charge >= 0.3 is 0 Å². The molecule has 0 aliphatic carbocycles. The molecule has 0 bridgehead atoms. The van der Waals surface area contributed by atoms with E-state index in [9.17, 15) is 9.59 Å². The van der Waals surface area contributed by atoms with Gasteiger partial charge in [-0.15, -0.1) is 0 Å². The summed E-state index contributed by atoms with van der Waals surface area (Å²) in [6.07, 6.45) is 1.56. The zero-order chi connectivity index (χ0) is 23.2. The molecular weight excluding hydrogens is 418 g/mol. The lowest BCUT2D eigenvalue weighted by Crippen LogP contribution is -2.47. The molecule has 8 nitrogen and oxygen atoms in total. The number of piperazine rings is 1. The molecule has 1 aliphatic rings. The number of aromatic nitrogens is 2. The molecule has 0 unspecified atom stereocenters. The van der Waals surface area contributed by atoms with Gasteiger partial charge in [0.1, 0.15) is 0 Å². The van der Waals surface area contributed by atoms with Crippen LogP contribution >= 0.6 is 0 Å². The highest BCUT2D eigenvalue weighted by molar-refractivity contribution is 5.94. The van der Waals surface area contributed by atoms with E-state index in [-0.39, 0.29) is 11.5 Å². The van der Waals surface area contributed by atoms with Crippen LogP contribution in [0.5, 0.6) is 5.75 Å². The average Bonchev–Trinajstić information content (AvgIpc) is 2.84. The van der Waals surface area contributed by atoms with Crippen LogP contribution in [0.25, 0.3) is 0 Å². The Kier molecular flexibility index (Phi) is 7.04. The molecule has 2 heterocycles. The molecule has 0 saturated carbocycles. The molecule has 0 spiro atoms. The van der Waals surface area contributed by atoms with Crippen molar-refractivity contribution in [2.24, 2.45) is 0 Å². The lowest BCUT2D eigenvalue weighted by Gasteiger charge is -2.32. The number of benzene rings is 2. The first-order valence-corrected chi connectivity index (χ1v) is 11.2. The number of ether oxygens (including phenoxy) is 1. The third-order valence-corrected chi connectivity index (χ3v) is 5.68. The Morgan fingerprint density at radius 2 is 1.73 bits per heavy atom. The van der Waals surface area contributed by atoms with E-state index in [2.05, 4.69) is 22.4 Å². The average molecular weight is 448 g/mol. The standard InChI is InChI=1S/C25H29N5O3/c1-3-33-22-17-26-30(18-19-7-5-4-6-8-19)25(32)23(22)27-21-11-9-20(10-12-21)24(31)29-15-13-28(2)14-16-29/h4-12,17,27H,3,13-16,18H2,1-2H3. The third kappa shape index (κ3) is 5.40. The Hall–Kier alpha value is -3.65. The van der Waals surface area contributed by atoms with E-state index in [0.29, 0.717) is 35.8 Å². The maximum absolute atomic E-state index is 13.2. The number of hydrogen-bond donors (Lipinski definition) is 1. The van der Waals surface area contributed by atoms with Crippen molar-refractivity contribution in [3.05, 3.63) is 82.3 Å². The fraction of sp³-hybridized carbons (Fsp3) is 0.320. The Morgan fingerprint density at radius 3 is 2.39 bits per heavy atom. The molecule has 1 fully saturated rings. The van der Waals surface area contributed by atoms with Crippen LogP contribution in [-0.4, -0.2) is 65.3 Å². The van der Waals surface area contributed by atoms with Crippen molar-refractivity contribution >= 4 is 17.3 Å². The maximum Gasteiger partial charge on any atom is 0.294 e. The highest BCUT2D eigenvalue weighted by atomic mass is 16.5. The number of carbonyl (C=O) groups excluding carboxylic acids is 1. The Bertz CT molecular complexity index is 1140. The lowest BCUT2D eigenvalue weighted by atomic mass is 10.1. The van der Waals surface area contributed by atoms with Gasteiger partial charge in [0.05, 0.1) is 19.3 Å². The lowest BCUT2D eigenvalue weighted by molar-refractivity contribution is 0.0664. The molecular formula is C25H29N5O3. The van der Waals surface area contributed by atoms with Gasteiger partial charge in [0, 0.05) is 37.4 Å². The number of amides is 1. The highest BCUT2D eigenvalue weighted by Gasteiger charge is 2.20. The molecule has 1 aromatic heterocycles. The molecule has 8 heteroatoms. The molecule has 2 aromatic carbocycles. The molecule has 1 amide bonds. The van der Waals surface area contributed by atoms with Gasteiger partial charge in [0.15, 0.2) is 11.4 Å². The van der Waals surface area contributed by atoms with Crippen molar-refractivity contribution in [2.45, 2.75) is 13.5 Å². The van der Waals surface area contributed by atoms with Gasteiger partial charge in [0.25, 0.3) is 11.5 Å². The van der Waals surface area contributed by atoms with Crippen LogP contribution < -0.4 is 15.6 Å². The predicted octanol–water partition coefficient (Wildman–Crippen LogP) is 2.82. The molecule has 3 aromatic rings. The summed E-state index contributed by atoms with van der Waals surface area (Å²) in [6, 6.07) is 16.9. The van der Waals surface area contributed by atoms with E-state index in [1.54, 1.807) is 30.5 Å². The van der Waals surface area contributed by atoms with Crippen molar-refractivity contribution in [3.63, 3.8) is 0 Å². The molecule has 33 heavy (non-hydrogen) atoms. The van der Waals surface area contributed by atoms with E-state index in [0.717, 1.165) is 31.7 Å². The molecule has 172 valence electrons. The first-order chi connectivity index (χ1) is 16.0. The van der Waals surface area contributed by atoms with Crippen LogP contribution in [0.2, 0.25) is 0 Å². The van der Waals surface area contributed by atoms with Gasteiger partial charge < -0.3 is 19.9 Å². The number of nitrogens with zero attached hydrogens (tertiary/aromatic N) is 4. The fourth-order valence-electron chi connectivity index (χ4n) is 3.76. The summed E-state index contributed by atoms with van der Waals surface area (Å²) in [5.74, 6) is 0.420. The molecule has 1 aliphatic heterocycles. The number of carbonyl (C=O) groups is 1. The summed E-state index contributed by atoms with van der Waals surface area (Å²) in [5, 5.41) is 7.45. The zero-order valence-corrected chi connectivity index (χ0v) is 19.0. The topological polar surface area (TPSA) is 79.7 Å². The van der Waals surface area contributed by atoms with Gasteiger partial charge in [-0.05, 0) is 43.8 Å². The van der Waals surface area contributed by atoms with E-state index >= 15 is 0 Å². The largest absolute Gasteiger partial charge is 0.490 e.